The molecule has 3 aromatic rings. The molecule has 0 heterocycles. The van der Waals surface area contributed by atoms with Crippen molar-refractivity contribution in [3.63, 3.8) is 0 Å². The molecule has 0 N–H and O–H groups in total. The lowest BCUT2D eigenvalue weighted by Gasteiger charge is -2.23. The first-order chi connectivity index (χ1) is 15.6. The van der Waals surface area contributed by atoms with E-state index in [2.05, 4.69) is 0 Å². The van der Waals surface area contributed by atoms with Gasteiger partial charge in [0.2, 0.25) is 5.82 Å². The van der Waals surface area contributed by atoms with Gasteiger partial charge in [-0.1, -0.05) is 66.7 Å². The topological polar surface area (TPSA) is 81.8 Å². The van der Waals surface area contributed by atoms with Gasteiger partial charge in [0.1, 0.15) is 5.60 Å². The Morgan fingerprint density at radius 3 is 2.03 bits per heavy atom. The van der Waals surface area contributed by atoms with Gasteiger partial charge in [-0.3, -0.25) is 15.1 Å². The zero-order valence-corrected chi connectivity index (χ0v) is 18.7. The van der Waals surface area contributed by atoms with Crippen molar-refractivity contribution in [2.75, 3.05) is 0 Å². The van der Waals surface area contributed by atoms with E-state index >= 15 is 0 Å². The average molecular weight is 448 g/mol. The van der Waals surface area contributed by atoms with Gasteiger partial charge < -0.3 is 4.74 Å². The Bertz CT molecular complexity index is 1110. The van der Waals surface area contributed by atoms with Crippen LogP contribution >= 0.6 is 0 Å². The number of carbonyl (C=O) groups is 1. The predicted molar refractivity (Wildman–Crippen MR) is 125 cm³/mol. The van der Waals surface area contributed by atoms with E-state index < -0.39 is 34.0 Å². The first kappa shape index (κ1) is 23.8. The zero-order chi connectivity index (χ0) is 24.0. The summed E-state index contributed by atoms with van der Waals surface area (Å²) >= 11 is 0. The molecule has 1 atom stereocenters. The van der Waals surface area contributed by atoms with Crippen LogP contribution in [0.2, 0.25) is 0 Å². The smallest absolute Gasteiger partial charge is 0.331 e. The maximum atomic E-state index is 13.8. The number of ether oxygens (including phenoxy) is 1. The standard InChI is InChI=1S/C26H25FN2O4/c1-26(2,3)33-25(30)22(16-18-14-15-21(27)23(17-18)29(31)32)28-24(19-10-6-4-7-11-19)20-12-8-5-9-13-20/h4-15,17,22H,16H2,1-3H3. The summed E-state index contributed by atoms with van der Waals surface area (Å²) in [6, 6.07) is 21.4. The van der Waals surface area contributed by atoms with Gasteiger partial charge in [0.05, 0.1) is 10.6 Å². The van der Waals surface area contributed by atoms with Gasteiger partial charge in [-0.25, -0.2) is 4.79 Å². The van der Waals surface area contributed by atoms with Gasteiger partial charge in [-0.05, 0) is 32.4 Å². The quantitative estimate of drug-likeness (QED) is 0.206. The number of nitro groups is 1. The van der Waals surface area contributed by atoms with Crippen LogP contribution in [0.25, 0.3) is 0 Å². The predicted octanol–water partition coefficient (Wildman–Crippen LogP) is 5.52. The van der Waals surface area contributed by atoms with Crippen molar-refractivity contribution in [1.82, 2.24) is 0 Å². The molecule has 0 fully saturated rings. The number of aliphatic imine (C=N–C) groups is 1. The Balaban J connectivity index is 2.09. The zero-order valence-electron chi connectivity index (χ0n) is 18.7. The van der Waals surface area contributed by atoms with Gasteiger partial charge in [0.25, 0.3) is 0 Å². The molecule has 33 heavy (non-hydrogen) atoms. The molecule has 3 rings (SSSR count). The molecule has 0 spiro atoms. The number of nitro benzene ring substituents is 1. The molecule has 3 aromatic carbocycles. The fraction of sp³-hybridized carbons (Fsp3) is 0.231. The van der Waals surface area contributed by atoms with E-state index in [0.29, 0.717) is 11.3 Å². The van der Waals surface area contributed by atoms with Crippen molar-refractivity contribution in [1.29, 1.82) is 0 Å². The monoisotopic (exact) mass is 448 g/mol. The molecule has 0 bridgehead atoms. The molecule has 1 unspecified atom stereocenters. The summed E-state index contributed by atoms with van der Waals surface area (Å²) in [7, 11) is 0. The van der Waals surface area contributed by atoms with Gasteiger partial charge in [0.15, 0.2) is 6.04 Å². The Morgan fingerprint density at radius 1 is 1.00 bits per heavy atom. The highest BCUT2D eigenvalue weighted by Gasteiger charge is 2.27. The summed E-state index contributed by atoms with van der Waals surface area (Å²) in [5.41, 5.74) is 1.21. The summed E-state index contributed by atoms with van der Waals surface area (Å²) in [5, 5.41) is 11.2. The molecule has 0 aliphatic heterocycles. The second kappa shape index (κ2) is 10.2. The fourth-order valence-electron chi connectivity index (χ4n) is 3.26. The number of benzene rings is 3. The van der Waals surface area contributed by atoms with Crippen molar-refractivity contribution in [2.24, 2.45) is 4.99 Å². The number of rotatable bonds is 7. The van der Waals surface area contributed by atoms with Crippen LogP contribution in [-0.2, 0) is 16.0 Å². The minimum Gasteiger partial charge on any atom is -0.458 e. The summed E-state index contributed by atoms with van der Waals surface area (Å²) in [4.78, 5) is 28.3. The average Bonchev–Trinajstić information content (AvgIpc) is 2.77. The van der Waals surface area contributed by atoms with Crippen molar-refractivity contribution in [3.8, 4) is 0 Å². The maximum absolute atomic E-state index is 13.8. The summed E-state index contributed by atoms with van der Waals surface area (Å²) in [6.07, 6.45) is 0.0131. The molecule has 0 saturated heterocycles. The third-order valence-electron chi connectivity index (χ3n) is 4.69. The van der Waals surface area contributed by atoms with E-state index in [1.165, 1.54) is 6.07 Å². The summed E-state index contributed by atoms with van der Waals surface area (Å²) in [5.74, 6) is -1.51. The Hall–Kier alpha value is -3.87. The molecule has 6 nitrogen and oxygen atoms in total. The molecule has 0 amide bonds. The molecular formula is C26H25FN2O4. The number of nitrogens with zero attached hydrogens (tertiary/aromatic N) is 2. The van der Waals surface area contributed by atoms with Crippen LogP contribution in [0.4, 0.5) is 10.1 Å². The Labute approximate surface area is 191 Å². The van der Waals surface area contributed by atoms with E-state index in [-0.39, 0.29) is 6.42 Å². The first-order valence-corrected chi connectivity index (χ1v) is 10.5. The minimum atomic E-state index is -0.996. The SMILES string of the molecule is CC(C)(C)OC(=O)C(Cc1ccc(F)c([N+](=O)[O-])c1)N=C(c1ccccc1)c1ccccc1. The van der Waals surface area contributed by atoms with E-state index in [0.717, 1.165) is 23.3 Å². The molecule has 0 saturated carbocycles. The fourth-order valence-corrected chi connectivity index (χ4v) is 3.26. The molecule has 0 radical (unpaired) electrons. The van der Waals surface area contributed by atoms with E-state index in [4.69, 9.17) is 9.73 Å². The van der Waals surface area contributed by atoms with Gasteiger partial charge in [0, 0.05) is 23.6 Å². The number of carbonyl (C=O) groups excluding carboxylic acids is 1. The highest BCUT2D eigenvalue weighted by molar-refractivity contribution is 6.13. The first-order valence-electron chi connectivity index (χ1n) is 10.5. The lowest BCUT2D eigenvalue weighted by atomic mass is 10.0. The van der Waals surface area contributed by atoms with Crippen LogP contribution in [0, 0.1) is 15.9 Å². The van der Waals surface area contributed by atoms with E-state index in [1.807, 2.05) is 60.7 Å². The van der Waals surface area contributed by atoms with Crippen LogP contribution in [-0.4, -0.2) is 28.2 Å². The van der Waals surface area contributed by atoms with E-state index in [9.17, 15) is 19.3 Å². The number of esters is 1. The number of hydrogen-bond donors (Lipinski definition) is 0. The van der Waals surface area contributed by atoms with Gasteiger partial charge >= 0.3 is 11.7 Å². The molecule has 170 valence electrons. The van der Waals surface area contributed by atoms with E-state index in [1.54, 1.807) is 20.8 Å². The van der Waals surface area contributed by atoms with Crippen LogP contribution in [0.5, 0.6) is 0 Å². The molecule has 0 aliphatic carbocycles. The van der Waals surface area contributed by atoms with Crippen LogP contribution < -0.4 is 0 Å². The maximum Gasteiger partial charge on any atom is 0.331 e. The number of hydrogen-bond acceptors (Lipinski definition) is 5. The highest BCUT2D eigenvalue weighted by atomic mass is 19.1. The van der Waals surface area contributed by atoms with Gasteiger partial charge in [-0.15, -0.1) is 0 Å². The second-order valence-corrected chi connectivity index (χ2v) is 8.51. The lowest BCUT2D eigenvalue weighted by Crippen LogP contribution is -2.33. The lowest BCUT2D eigenvalue weighted by molar-refractivity contribution is -0.387. The van der Waals surface area contributed by atoms with Crippen LogP contribution in [0.1, 0.15) is 37.5 Å². The molecule has 0 aliphatic rings. The molecule has 7 heteroatoms. The van der Waals surface area contributed by atoms with Crippen LogP contribution in [0.3, 0.4) is 0 Å². The van der Waals surface area contributed by atoms with Gasteiger partial charge in [-0.2, -0.15) is 4.39 Å². The normalized spacial score (nSPS) is 12.0. The Morgan fingerprint density at radius 2 is 1.55 bits per heavy atom. The van der Waals surface area contributed by atoms with Crippen molar-refractivity contribution in [3.05, 3.63) is 111 Å². The summed E-state index contributed by atoms with van der Waals surface area (Å²) < 4.78 is 19.4. The Kier molecular flexibility index (Phi) is 7.33. The van der Waals surface area contributed by atoms with Crippen LogP contribution in [0.15, 0.2) is 83.9 Å². The number of halogens is 1. The molecule has 0 aromatic heterocycles. The van der Waals surface area contributed by atoms with Crippen molar-refractivity contribution in [2.45, 2.75) is 38.8 Å². The third kappa shape index (κ3) is 6.55. The second-order valence-electron chi connectivity index (χ2n) is 8.51. The van der Waals surface area contributed by atoms with Crippen molar-refractivity contribution >= 4 is 17.4 Å². The van der Waals surface area contributed by atoms with Crippen molar-refractivity contribution < 1.29 is 18.8 Å². The largest absolute Gasteiger partial charge is 0.458 e. The summed E-state index contributed by atoms with van der Waals surface area (Å²) in [6.45, 7) is 5.26. The molecular weight excluding hydrogens is 423 g/mol. The minimum absolute atomic E-state index is 0.0131. The third-order valence-corrected chi connectivity index (χ3v) is 4.69. The highest BCUT2D eigenvalue weighted by Crippen LogP contribution is 2.22.